The largest absolute Gasteiger partial charge is 0.493 e. The molecule has 1 saturated carbocycles. The van der Waals surface area contributed by atoms with Crippen LogP contribution in [0.4, 0.5) is 43.7 Å². The highest BCUT2D eigenvalue weighted by Crippen LogP contribution is 2.42. The van der Waals surface area contributed by atoms with E-state index in [1.165, 1.54) is 40.8 Å². The van der Waals surface area contributed by atoms with Gasteiger partial charge in [0.15, 0.2) is 5.67 Å². The van der Waals surface area contributed by atoms with Crippen LogP contribution < -0.4 is 30.5 Å². The van der Waals surface area contributed by atoms with Crippen molar-refractivity contribution < 1.29 is 60.2 Å². The second kappa shape index (κ2) is 30.4. The van der Waals surface area contributed by atoms with Gasteiger partial charge in [-0.1, -0.05) is 77.8 Å². The number of nitrogens with one attached hydrogen (secondary N) is 3. The SMILES string of the molecule is Cc1ncsc1-c1ccc(CNC(=O)[C@@H]2C[C@@H](O)CN2C(=O)[C@@H](CNC(=O)C2(F)CC2)C(C)(C)C)c(OCCCCCCCCCCCC(=O)N2CCN(c3ncc(-c4cc(NC(=O)c5ccc(F)cc5C(F)(F)F)c(N5C[C@@H](C)N(C)[C@@H](C)C5)cc4F)cn3)CC2)c1. The van der Waals surface area contributed by atoms with Gasteiger partial charge in [-0.3, -0.25) is 28.9 Å². The molecule has 504 valence electrons. The Morgan fingerprint density at radius 1 is 0.796 bits per heavy atom. The number of nitrogens with zero attached hydrogens (tertiary/aromatic N) is 8. The van der Waals surface area contributed by atoms with Crippen molar-refractivity contribution in [3.8, 4) is 27.3 Å². The quantitative estimate of drug-likeness (QED) is 0.0301. The molecule has 3 aliphatic heterocycles. The number of carbonyl (C=O) groups excluding carboxylic acids is 5. The zero-order valence-corrected chi connectivity index (χ0v) is 55.0. The maximum Gasteiger partial charge on any atom is 0.417 e. The highest BCUT2D eigenvalue weighted by atomic mass is 32.1. The van der Waals surface area contributed by atoms with E-state index in [2.05, 4.69) is 35.8 Å². The fourth-order valence-electron chi connectivity index (χ4n) is 12.4. The number of hydrogen-bond acceptors (Lipinski definition) is 14. The first-order valence-corrected chi connectivity index (χ1v) is 33.3. The molecule has 9 rings (SSSR count). The molecule has 5 aromatic rings. The number of hydrogen-bond donors (Lipinski definition) is 4. The second-order valence-electron chi connectivity index (χ2n) is 26.5. The van der Waals surface area contributed by atoms with Crippen molar-refractivity contribution >= 4 is 58.2 Å². The first-order valence-electron chi connectivity index (χ1n) is 32.4. The molecular formula is C68H87F6N11O7S. The highest BCUT2D eigenvalue weighted by molar-refractivity contribution is 7.13. The van der Waals surface area contributed by atoms with E-state index >= 15 is 4.39 Å². The molecule has 0 spiro atoms. The molecule has 18 nitrogen and oxygen atoms in total. The number of aliphatic hydroxyl groups is 1. The molecule has 4 fully saturated rings. The third-order valence-electron chi connectivity index (χ3n) is 18.5. The summed E-state index contributed by atoms with van der Waals surface area (Å²) in [5.74, 6) is -4.14. The number of amides is 5. The molecule has 5 atom stereocenters. The lowest BCUT2D eigenvalue weighted by Crippen LogP contribution is -2.55. The first-order chi connectivity index (χ1) is 44.2. The van der Waals surface area contributed by atoms with Gasteiger partial charge < -0.3 is 45.4 Å². The molecule has 0 radical (unpaired) electrons. The van der Waals surface area contributed by atoms with Crippen LogP contribution in [0.1, 0.15) is 145 Å². The minimum absolute atomic E-state index is 0.0108. The number of ether oxygens (including phenoxy) is 1. The van der Waals surface area contributed by atoms with Gasteiger partial charge in [0.25, 0.3) is 11.8 Å². The summed E-state index contributed by atoms with van der Waals surface area (Å²) in [6, 6.07) is 9.41. The van der Waals surface area contributed by atoms with Crippen LogP contribution in [0.15, 0.2) is 66.4 Å². The van der Waals surface area contributed by atoms with Crippen molar-refractivity contribution in [2.24, 2.45) is 11.3 Å². The average Bonchev–Trinajstić information content (AvgIpc) is 1.16. The Morgan fingerprint density at radius 2 is 1.45 bits per heavy atom. The smallest absolute Gasteiger partial charge is 0.417 e. The van der Waals surface area contributed by atoms with Crippen molar-refractivity contribution in [1.82, 2.24) is 40.3 Å². The maximum absolute atomic E-state index is 16.2. The Bertz CT molecular complexity index is 3430. The Hall–Kier alpha value is -7.38. The maximum atomic E-state index is 16.2. The van der Waals surface area contributed by atoms with Crippen LogP contribution in [-0.2, 0) is 31.9 Å². The lowest BCUT2D eigenvalue weighted by molar-refractivity contribution is -0.145. The molecule has 4 aliphatic rings. The molecular weight excluding hydrogens is 1230 g/mol. The molecule has 1 aliphatic carbocycles. The van der Waals surface area contributed by atoms with E-state index in [-0.39, 0.29) is 91.4 Å². The van der Waals surface area contributed by atoms with Crippen molar-refractivity contribution in [1.29, 1.82) is 0 Å². The number of likely N-dealkylation sites (N-methyl/N-ethyl adjacent to an activating group) is 1. The van der Waals surface area contributed by atoms with Crippen LogP contribution in [0.25, 0.3) is 21.6 Å². The minimum atomic E-state index is -5.02. The van der Waals surface area contributed by atoms with Gasteiger partial charge in [-0.15, -0.1) is 11.3 Å². The van der Waals surface area contributed by atoms with E-state index in [9.17, 15) is 51.0 Å². The number of aromatic nitrogens is 3. The number of aliphatic hydroxyl groups excluding tert-OH is 1. The standard InChI is InChI=1S/C68H87F6N11O7S/c1-42-38-84(39-43(2)81(42)7)56-33-54(70)51(32-55(56)80-61(88)50-21-20-48(69)30-52(50)68(72,73)74)47-35-77-65(78-36-47)83-26-24-82(25-27-83)59(87)17-15-13-11-9-8-10-12-14-16-28-92-58-29-45(60-44(3)79-41-93-60)18-19-46(58)34-75-62(89)57-31-49(86)40-85(57)63(90)53(66(4,5)6)37-76-64(91)67(71)22-23-67/h18-21,29-30,32-33,35-36,41-43,49,53,57,86H,8-17,22-28,31,34,37-40H2,1-7H3,(H,75,89)(H,76,91)(H,80,88)/t42-,43+,49-,53-,57+/m1/s1. The summed E-state index contributed by atoms with van der Waals surface area (Å²) in [5, 5.41) is 18.9. The molecule has 93 heavy (non-hydrogen) atoms. The number of rotatable bonds is 26. The third-order valence-corrected chi connectivity index (χ3v) is 19.5. The summed E-state index contributed by atoms with van der Waals surface area (Å²) in [5.41, 5.74) is 0.257. The van der Waals surface area contributed by atoms with Gasteiger partial charge in [-0.2, -0.15) is 13.2 Å². The summed E-state index contributed by atoms with van der Waals surface area (Å²) in [6.07, 6.45) is 6.60. The second-order valence-corrected chi connectivity index (χ2v) is 27.3. The predicted octanol–water partition coefficient (Wildman–Crippen LogP) is 11.1. The number of carbonyl (C=O) groups is 5. The van der Waals surface area contributed by atoms with Crippen molar-refractivity contribution in [2.45, 2.75) is 168 Å². The number of thiazole rings is 1. The number of alkyl halides is 4. The van der Waals surface area contributed by atoms with E-state index in [0.717, 1.165) is 91.6 Å². The van der Waals surface area contributed by atoms with Crippen LogP contribution in [0.2, 0.25) is 0 Å². The van der Waals surface area contributed by atoms with Crippen molar-refractivity contribution in [3.63, 3.8) is 0 Å². The monoisotopic (exact) mass is 1320 g/mol. The van der Waals surface area contributed by atoms with Gasteiger partial charge in [0, 0.05) is 113 Å². The lowest BCUT2D eigenvalue weighted by Gasteiger charge is -2.44. The van der Waals surface area contributed by atoms with E-state index in [1.54, 1.807) is 5.51 Å². The number of anilines is 3. The van der Waals surface area contributed by atoms with Gasteiger partial charge in [-0.05, 0) is 101 Å². The summed E-state index contributed by atoms with van der Waals surface area (Å²) in [4.78, 5) is 91.0. The molecule has 25 heteroatoms. The summed E-state index contributed by atoms with van der Waals surface area (Å²) >= 11 is 1.53. The predicted molar refractivity (Wildman–Crippen MR) is 345 cm³/mol. The number of aryl methyl sites for hydroxylation is 1. The summed E-state index contributed by atoms with van der Waals surface area (Å²) in [6.45, 7) is 14.8. The summed E-state index contributed by atoms with van der Waals surface area (Å²) < 4.78 is 93.1. The van der Waals surface area contributed by atoms with E-state index < -0.39 is 75.8 Å². The first kappa shape index (κ1) is 69.9. The van der Waals surface area contributed by atoms with Gasteiger partial charge in [0.1, 0.15) is 23.4 Å². The number of halogens is 6. The molecule has 0 unspecified atom stereocenters. The third kappa shape index (κ3) is 17.7. The summed E-state index contributed by atoms with van der Waals surface area (Å²) in [7, 11) is 1.97. The fraction of sp³-hybridized carbons (Fsp3) is 0.559. The van der Waals surface area contributed by atoms with Crippen LogP contribution >= 0.6 is 11.3 Å². The topological polar surface area (TPSA) is 206 Å². The molecule has 3 saturated heterocycles. The Balaban J connectivity index is 0.687. The van der Waals surface area contributed by atoms with Crippen LogP contribution in [0, 0.1) is 29.9 Å². The Labute approximate surface area is 544 Å². The van der Waals surface area contributed by atoms with Gasteiger partial charge in [-0.25, -0.2) is 28.1 Å². The number of piperazine rings is 2. The Morgan fingerprint density at radius 3 is 2.08 bits per heavy atom. The average molecular weight is 1320 g/mol. The van der Waals surface area contributed by atoms with Crippen molar-refractivity contribution in [2.75, 3.05) is 81.1 Å². The number of benzene rings is 3. The van der Waals surface area contributed by atoms with Crippen LogP contribution in [0.3, 0.4) is 0 Å². The zero-order chi connectivity index (χ0) is 66.9. The zero-order valence-electron chi connectivity index (χ0n) is 54.2. The number of β-amino-alcohol motifs (C(OH)–C–C–N with tert-alkyl or cyclic N) is 1. The molecule has 2 aromatic heterocycles. The normalized spacial score (nSPS) is 19.5. The van der Waals surface area contributed by atoms with Gasteiger partial charge >= 0.3 is 6.18 Å². The highest BCUT2D eigenvalue weighted by Gasteiger charge is 2.52. The van der Waals surface area contributed by atoms with Crippen molar-refractivity contribution in [3.05, 3.63) is 100 Å². The molecule has 3 aromatic carbocycles. The van der Waals surface area contributed by atoms with E-state index in [0.29, 0.717) is 64.0 Å². The van der Waals surface area contributed by atoms with E-state index in [1.807, 2.05) is 81.5 Å². The number of unbranched alkanes of at least 4 members (excludes halogenated alkanes) is 8. The van der Waals surface area contributed by atoms with E-state index in [4.69, 9.17) is 4.74 Å². The molecule has 5 heterocycles. The lowest BCUT2D eigenvalue weighted by atomic mass is 9.79. The molecule has 0 bridgehead atoms. The van der Waals surface area contributed by atoms with Crippen LogP contribution in [-0.4, -0.2) is 160 Å². The van der Waals surface area contributed by atoms with Crippen LogP contribution in [0.5, 0.6) is 5.75 Å². The molecule has 4 N–H and O–H groups in total. The molecule has 5 amide bonds. The van der Waals surface area contributed by atoms with Gasteiger partial charge in [0.05, 0.1) is 57.2 Å². The number of likely N-dealkylation sites (tertiary alicyclic amines) is 1. The van der Waals surface area contributed by atoms with Gasteiger partial charge in [0.2, 0.25) is 23.7 Å². The fourth-order valence-corrected chi connectivity index (χ4v) is 13.2. The Kier molecular flexibility index (Phi) is 22.8. The minimum Gasteiger partial charge on any atom is -0.493 e.